The number of unbranched alkanes of at least 4 members (excludes halogenated alkanes) is 1. The van der Waals surface area contributed by atoms with Crippen molar-refractivity contribution in [1.82, 2.24) is 5.32 Å². The van der Waals surface area contributed by atoms with E-state index < -0.39 is 4.93 Å². The van der Waals surface area contributed by atoms with E-state index in [-0.39, 0.29) is 50.4 Å². The fraction of sp³-hybridized carbons (Fsp3) is 0.433. The summed E-state index contributed by atoms with van der Waals surface area (Å²) in [4.78, 5) is 35.3. The Bertz CT molecular complexity index is 1050. The van der Waals surface area contributed by atoms with Gasteiger partial charge in [0.25, 0.3) is 0 Å². The van der Waals surface area contributed by atoms with Crippen molar-refractivity contribution < 1.29 is 28.6 Å². The second-order valence-corrected chi connectivity index (χ2v) is 10.0. The zero-order chi connectivity index (χ0) is 27.5. The minimum atomic E-state index is -0.681. The Kier molecular flexibility index (Phi) is 14.7. The van der Waals surface area contributed by atoms with Gasteiger partial charge in [-0.25, -0.2) is 0 Å². The zero-order valence-electron chi connectivity index (χ0n) is 22.2. The van der Waals surface area contributed by atoms with Gasteiger partial charge in [0.1, 0.15) is 18.1 Å². The van der Waals surface area contributed by atoms with Crippen LogP contribution < -0.4 is 5.32 Å². The van der Waals surface area contributed by atoms with Crippen LogP contribution in [0.15, 0.2) is 60.7 Å². The highest BCUT2D eigenvalue weighted by atomic mass is 32.2. The molecule has 0 spiro atoms. The van der Waals surface area contributed by atoms with E-state index >= 15 is 0 Å². The lowest BCUT2D eigenvalue weighted by atomic mass is 10.2. The molecule has 0 aliphatic rings. The highest BCUT2D eigenvalue weighted by molar-refractivity contribution is 7.99. The van der Waals surface area contributed by atoms with Crippen LogP contribution in [0, 0.1) is 11.8 Å². The van der Waals surface area contributed by atoms with Crippen molar-refractivity contribution in [2.24, 2.45) is 0 Å². The fourth-order valence-electron chi connectivity index (χ4n) is 3.27. The lowest BCUT2D eigenvalue weighted by Gasteiger charge is -2.27. The molecule has 7 nitrogen and oxygen atoms in total. The first-order chi connectivity index (χ1) is 18.4. The lowest BCUT2D eigenvalue weighted by molar-refractivity contribution is -0.149. The first kappa shape index (κ1) is 30.9. The lowest BCUT2D eigenvalue weighted by Crippen LogP contribution is -2.29. The minimum absolute atomic E-state index is 0.0845. The molecule has 0 aliphatic carbocycles. The van der Waals surface area contributed by atoms with E-state index in [1.165, 1.54) is 11.8 Å². The molecule has 1 atom stereocenters. The number of thioether (sulfide) groups is 1. The van der Waals surface area contributed by atoms with E-state index in [1.54, 1.807) is 0 Å². The second kappa shape index (κ2) is 18.1. The molecule has 204 valence electrons. The number of esters is 2. The molecule has 0 fully saturated rings. The van der Waals surface area contributed by atoms with Gasteiger partial charge in [0.05, 0.1) is 19.4 Å². The first-order valence-electron chi connectivity index (χ1n) is 12.7. The highest BCUT2D eigenvalue weighted by Crippen LogP contribution is 2.29. The van der Waals surface area contributed by atoms with Gasteiger partial charge in [-0.2, -0.15) is 0 Å². The minimum Gasteiger partial charge on any atom is -0.461 e. The molecular weight excluding hydrogens is 502 g/mol. The Morgan fingerprint density at radius 2 is 1.45 bits per heavy atom. The van der Waals surface area contributed by atoms with Crippen molar-refractivity contribution in [3.63, 3.8) is 0 Å². The zero-order valence-corrected chi connectivity index (χ0v) is 23.0. The molecule has 0 aliphatic heterocycles. The summed E-state index contributed by atoms with van der Waals surface area (Å²) >= 11 is 1.46. The van der Waals surface area contributed by atoms with Gasteiger partial charge in [-0.15, -0.1) is 17.7 Å². The Hall–Kier alpha value is -3.28. The van der Waals surface area contributed by atoms with Gasteiger partial charge in [-0.1, -0.05) is 66.6 Å². The van der Waals surface area contributed by atoms with E-state index in [2.05, 4.69) is 17.2 Å². The van der Waals surface area contributed by atoms with Crippen LogP contribution in [0.25, 0.3) is 0 Å². The number of carbonyl (C=O) groups excluding carboxylic acids is 3. The number of ether oxygens (including phenoxy) is 3. The van der Waals surface area contributed by atoms with Crippen LogP contribution in [0.3, 0.4) is 0 Å². The van der Waals surface area contributed by atoms with Crippen molar-refractivity contribution in [3.8, 4) is 11.8 Å². The van der Waals surface area contributed by atoms with Gasteiger partial charge in [-0.3, -0.25) is 14.4 Å². The largest absolute Gasteiger partial charge is 0.461 e. The van der Waals surface area contributed by atoms with E-state index in [0.29, 0.717) is 32.3 Å². The van der Waals surface area contributed by atoms with Crippen molar-refractivity contribution in [3.05, 3.63) is 71.8 Å². The number of amides is 1. The van der Waals surface area contributed by atoms with Crippen LogP contribution >= 0.6 is 11.8 Å². The summed E-state index contributed by atoms with van der Waals surface area (Å²) < 4.78 is 16.5. The number of carbonyl (C=O) groups is 3. The van der Waals surface area contributed by atoms with Gasteiger partial charge < -0.3 is 19.5 Å². The van der Waals surface area contributed by atoms with Gasteiger partial charge in [0.2, 0.25) is 5.91 Å². The predicted octanol–water partition coefficient (Wildman–Crippen LogP) is 5.03. The van der Waals surface area contributed by atoms with Crippen molar-refractivity contribution in [2.75, 3.05) is 19.4 Å². The molecule has 8 heteroatoms. The molecule has 0 bridgehead atoms. The van der Waals surface area contributed by atoms with Gasteiger partial charge in [-0.05, 0) is 37.1 Å². The highest BCUT2D eigenvalue weighted by Gasteiger charge is 2.28. The van der Waals surface area contributed by atoms with Gasteiger partial charge >= 0.3 is 11.9 Å². The van der Waals surface area contributed by atoms with E-state index in [4.69, 9.17) is 14.2 Å². The molecule has 2 rings (SSSR count). The average molecular weight is 540 g/mol. The predicted molar refractivity (Wildman–Crippen MR) is 149 cm³/mol. The van der Waals surface area contributed by atoms with Crippen LogP contribution in [-0.4, -0.2) is 42.2 Å². The number of benzene rings is 2. The molecule has 1 unspecified atom stereocenters. The van der Waals surface area contributed by atoms with Gasteiger partial charge in [0, 0.05) is 19.4 Å². The summed E-state index contributed by atoms with van der Waals surface area (Å²) in [6, 6.07) is 19.0. The standard InChI is InChI=1S/C30H37NO6S/c1-30(38-2,22-29(34)36-24-26-16-8-4-9-17-26)37-21-13-11-18-27(32)31-20-12-5-10-19-28(33)35-23-25-14-6-3-7-15-25/h3-4,6-9,14-17H,10-11,13,18-24H2,1-2H3,(H,31,32). The molecule has 38 heavy (non-hydrogen) atoms. The second-order valence-electron chi connectivity index (χ2n) is 8.74. The first-order valence-corrected chi connectivity index (χ1v) is 13.9. The van der Waals surface area contributed by atoms with Crippen molar-refractivity contribution in [2.45, 2.75) is 63.6 Å². The fourth-order valence-corrected chi connectivity index (χ4v) is 3.73. The Balaban J connectivity index is 1.50. The summed E-state index contributed by atoms with van der Waals surface area (Å²) in [5, 5.41) is 2.75. The van der Waals surface area contributed by atoms with Crippen LogP contribution in [-0.2, 0) is 41.8 Å². The Morgan fingerprint density at radius 1 is 0.842 bits per heavy atom. The topological polar surface area (TPSA) is 90.9 Å². The third-order valence-corrected chi connectivity index (χ3v) is 6.67. The maximum absolute atomic E-state index is 12.2. The quantitative estimate of drug-likeness (QED) is 0.138. The van der Waals surface area contributed by atoms with Crippen molar-refractivity contribution in [1.29, 1.82) is 0 Å². The molecule has 2 aromatic carbocycles. The average Bonchev–Trinajstić information content (AvgIpc) is 2.93. The Morgan fingerprint density at radius 3 is 2.05 bits per heavy atom. The summed E-state index contributed by atoms with van der Waals surface area (Å²) in [7, 11) is 0. The molecule has 1 amide bonds. The third-order valence-electron chi connectivity index (χ3n) is 5.54. The third kappa shape index (κ3) is 13.9. The summed E-state index contributed by atoms with van der Waals surface area (Å²) in [6.07, 6.45) is 4.36. The monoisotopic (exact) mass is 539 g/mol. The number of hydrogen-bond acceptors (Lipinski definition) is 7. The summed E-state index contributed by atoms with van der Waals surface area (Å²) in [5.41, 5.74) is 1.88. The van der Waals surface area contributed by atoms with Crippen LogP contribution in [0.1, 0.15) is 56.6 Å². The van der Waals surface area contributed by atoms with E-state index in [9.17, 15) is 14.4 Å². The van der Waals surface area contributed by atoms with Crippen LogP contribution in [0.5, 0.6) is 0 Å². The molecule has 0 saturated carbocycles. The number of hydrogen-bond donors (Lipinski definition) is 1. The van der Waals surface area contributed by atoms with Crippen LogP contribution in [0.2, 0.25) is 0 Å². The van der Waals surface area contributed by atoms with E-state index in [1.807, 2.05) is 73.8 Å². The molecule has 2 aromatic rings. The maximum Gasteiger partial charge on any atom is 0.309 e. The molecule has 0 heterocycles. The summed E-state index contributed by atoms with van der Waals surface area (Å²) in [6.45, 7) is 3.05. The Labute approximate surface area is 230 Å². The number of nitrogens with one attached hydrogen (secondary N) is 1. The molecule has 0 radical (unpaired) electrons. The summed E-state index contributed by atoms with van der Waals surface area (Å²) in [5.74, 6) is 5.04. The SMILES string of the molecule is CSC(C)(CC(=O)OCc1ccccc1)OCCCCC(=O)NCC#CCCC(=O)OCc1ccccc1. The van der Waals surface area contributed by atoms with Gasteiger partial charge in [0.15, 0.2) is 0 Å². The maximum atomic E-state index is 12.2. The van der Waals surface area contributed by atoms with Crippen LogP contribution in [0.4, 0.5) is 0 Å². The normalized spacial score (nSPS) is 11.9. The molecule has 0 aromatic heterocycles. The molecular formula is C30H37NO6S. The van der Waals surface area contributed by atoms with Crippen molar-refractivity contribution >= 4 is 29.6 Å². The smallest absolute Gasteiger partial charge is 0.309 e. The number of rotatable bonds is 16. The molecule has 0 saturated heterocycles. The van der Waals surface area contributed by atoms with E-state index in [0.717, 1.165) is 11.1 Å². The molecule has 1 N–H and O–H groups in total.